The van der Waals surface area contributed by atoms with Crippen LogP contribution in [0, 0.1) is 6.92 Å². The molecule has 0 atom stereocenters. The molecule has 0 aliphatic heterocycles. The number of nitrogens with one attached hydrogen (secondary N) is 1. The van der Waals surface area contributed by atoms with Crippen molar-refractivity contribution in [2.75, 3.05) is 18.0 Å². The predicted molar refractivity (Wildman–Crippen MR) is 110 cm³/mol. The van der Waals surface area contributed by atoms with Crippen LogP contribution in [0.1, 0.15) is 25.0 Å². The number of anilines is 1. The molecule has 1 amide bonds. The molecule has 0 saturated carbocycles. The molecule has 6 nitrogen and oxygen atoms in total. The molecule has 3 aromatic rings. The van der Waals surface area contributed by atoms with Gasteiger partial charge in [0.1, 0.15) is 11.2 Å². The summed E-state index contributed by atoms with van der Waals surface area (Å²) in [4.78, 5) is 32.1. The summed E-state index contributed by atoms with van der Waals surface area (Å²) in [5, 5.41) is 4.75. The van der Waals surface area contributed by atoms with Crippen LogP contribution < -0.4 is 15.8 Å². The molecule has 0 bridgehead atoms. The number of rotatable bonds is 7. The summed E-state index contributed by atoms with van der Waals surface area (Å²) in [6.45, 7) is 7.86. The molecule has 1 aromatic carbocycles. The van der Waals surface area contributed by atoms with E-state index >= 15 is 0 Å². The Morgan fingerprint density at radius 1 is 1.19 bits per heavy atom. The van der Waals surface area contributed by atoms with E-state index in [0.29, 0.717) is 35.8 Å². The van der Waals surface area contributed by atoms with Gasteiger partial charge in [-0.2, -0.15) is 0 Å². The number of carbonyl (C=O) groups is 1. The number of amides is 1. The minimum absolute atomic E-state index is 0.0443. The van der Waals surface area contributed by atoms with Crippen molar-refractivity contribution < 1.29 is 4.79 Å². The summed E-state index contributed by atoms with van der Waals surface area (Å²) < 4.78 is 2.06. The van der Waals surface area contributed by atoms with Gasteiger partial charge in [-0.05, 0) is 37.8 Å². The molecule has 7 heteroatoms. The van der Waals surface area contributed by atoms with Gasteiger partial charge in [-0.3, -0.25) is 14.2 Å². The lowest BCUT2D eigenvalue weighted by Crippen LogP contribution is -2.37. The van der Waals surface area contributed by atoms with Crippen molar-refractivity contribution >= 4 is 33.4 Å². The molecule has 0 spiro atoms. The van der Waals surface area contributed by atoms with Gasteiger partial charge >= 0.3 is 0 Å². The van der Waals surface area contributed by atoms with Crippen LogP contribution in [0.5, 0.6) is 0 Å². The Balaban J connectivity index is 1.84. The number of carbonyl (C=O) groups excluding carboxylic acids is 1. The van der Waals surface area contributed by atoms with Gasteiger partial charge in [-0.1, -0.05) is 29.8 Å². The van der Waals surface area contributed by atoms with E-state index in [1.54, 1.807) is 0 Å². The zero-order valence-electron chi connectivity index (χ0n) is 15.9. The normalized spacial score (nSPS) is 10.9. The van der Waals surface area contributed by atoms with Crippen LogP contribution in [0.2, 0.25) is 0 Å². The molecule has 0 saturated heterocycles. The second-order valence-electron chi connectivity index (χ2n) is 6.37. The van der Waals surface area contributed by atoms with Crippen LogP contribution in [-0.2, 0) is 17.9 Å². The second-order valence-corrected chi connectivity index (χ2v) is 7.29. The van der Waals surface area contributed by atoms with Crippen molar-refractivity contribution in [3.05, 3.63) is 57.2 Å². The average Bonchev–Trinajstić information content (AvgIpc) is 3.14. The first kappa shape index (κ1) is 19.1. The van der Waals surface area contributed by atoms with Crippen molar-refractivity contribution in [3.63, 3.8) is 0 Å². The first-order valence-corrected chi connectivity index (χ1v) is 9.96. The van der Waals surface area contributed by atoms with E-state index in [1.807, 2.05) is 61.4 Å². The highest BCUT2D eigenvalue weighted by atomic mass is 32.1. The van der Waals surface area contributed by atoms with Crippen molar-refractivity contribution in [1.82, 2.24) is 14.9 Å². The summed E-state index contributed by atoms with van der Waals surface area (Å²) in [6.07, 6.45) is 0. The fourth-order valence-electron chi connectivity index (χ4n) is 2.93. The number of fused-ring (bicyclic) bond motifs is 1. The highest BCUT2D eigenvalue weighted by Crippen LogP contribution is 2.19. The van der Waals surface area contributed by atoms with Crippen LogP contribution in [0.15, 0.2) is 40.5 Å². The van der Waals surface area contributed by atoms with E-state index in [2.05, 4.69) is 10.3 Å². The Kier molecular flexibility index (Phi) is 5.91. The SMILES string of the molecule is CCN(CC)c1nc2ccsc2c(=O)n1CC(=O)NCc1ccc(C)cc1. The van der Waals surface area contributed by atoms with E-state index in [-0.39, 0.29) is 18.0 Å². The van der Waals surface area contributed by atoms with E-state index in [9.17, 15) is 9.59 Å². The predicted octanol–water partition coefficient (Wildman–Crippen LogP) is 2.93. The molecule has 2 heterocycles. The Morgan fingerprint density at radius 3 is 2.56 bits per heavy atom. The van der Waals surface area contributed by atoms with Gasteiger partial charge in [0.2, 0.25) is 11.9 Å². The standard InChI is InChI=1S/C20H24N4O2S/c1-4-23(5-2)20-22-16-10-11-27-18(16)19(26)24(20)13-17(25)21-12-15-8-6-14(3)7-9-15/h6-11H,4-5,12-13H2,1-3H3,(H,21,25). The Morgan fingerprint density at radius 2 is 1.89 bits per heavy atom. The maximum absolute atomic E-state index is 12.9. The molecule has 0 radical (unpaired) electrons. The first-order valence-electron chi connectivity index (χ1n) is 9.08. The van der Waals surface area contributed by atoms with Crippen LogP contribution in [0.25, 0.3) is 10.2 Å². The summed E-state index contributed by atoms with van der Waals surface area (Å²) in [5.41, 5.74) is 2.72. The van der Waals surface area contributed by atoms with Crippen molar-refractivity contribution in [1.29, 1.82) is 0 Å². The number of thiophene rings is 1. The molecule has 0 unspecified atom stereocenters. The summed E-state index contributed by atoms with van der Waals surface area (Å²) >= 11 is 1.36. The molecule has 1 N–H and O–H groups in total. The largest absolute Gasteiger partial charge is 0.350 e. The van der Waals surface area contributed by atoms with Gasteiger partial charge in [-0.15, -0.1) is 11.3 Å². The van der Waals surface area contributed by atoms with Crippen molar-refractivity contribution in [2.45, 2.75) is 33.9 Å². The number of aromatic nitrogens is 2. The third kappa shape index (κ3) is 4.19. The Labute approximate surface area is 162 Å². The molecule has 0 aliphatic rings. The van der Waals surface area contributed by atoms with Gasteiger partial charge in [0.25, 0.3) is 5.56 Å². The van der Waals surface area contributed by atoms with E-state index in [0.717, 1.165) is 5.56 Å². The number of aryl methyl sites for hydroxylation is 1. The van der Waals surface area contributed by atoms with E-state index in [1.165, 1.54) is 21.5 Å². The second kappa shape index (κ2) is 8.35. The number of hydrogen-bond donors (Lipinski definition) is 1. The molecule has 0 fully saturated rings. The summed E-state index contributed by atoms with van der Waals surface area (Å²) in [7, 11) is 0. The van der Waals surface area contributed by atoms with Crippen LogP contribution in [0.3, 0.4) is 0 Å². The molecular weight excluding hydrogens is 360 g/mol. The van der Waals surface area contributed by atoms with Crippen LogP contribution >= 0.6 is 11.3 Å². The molecule has 2 aromatic heterocycles. The Hall–Kier alpha value is -2.67. The lowest BCUT2D eigenvalue weighted by molar-refractivity contribution is -0.121. The molecule has 27 heavy (non-hydrogen) atoms. The topological polar surface area (TPSA) is 67.2 Å². The van der Waals surface area contributed by atoms with Gasteiger partial charge in [0.15, 0.2) is 0 Å². The van der Waals surface area contributed by atoms with Crippen LogP contribution in [0.4, 0.5) is 5.95 Å². The van der Waals surface area contributed by atoms with Crippen LogP contribution in [-0.4, -0.2) is 28.5 Å². The number of nitrogens with zero attached hydrogens (tertiary/aromatic N) is 3. The van der Waals surface area contributed by atoms with Gasteiger partial charge in [0.05, 0.1) is 5.52 Å². The van der Waals surface area contributed by atoms with Gasteiger partial charge in [0, 0.05) is 19.6 Å². The molecular formula is C20H24N4O2S. The third-order valence-corrected chi connectivity index (χ3v) is 5.40. The minimum Gasteiger partial charge on any atom is -0.350 e. The zero-order valence-corrected chi connectivity index (χ0v) is 16.7. The number of benzene rings is 1. The summed E-state index contributed by atoms with van der Waals surface area (Å²) in [6, 6.07) is 9.85. The fourth-order valence-corrected chi connectivity index (χ4v) is 3.71. The summed E-state index contributed by atoms with van der Waals surface area (Å²) in [5.74, 6) is 0.338. The molecule has 0 aliphatic carbocycles. The van der Waals surface area contributed by atoms with Crippen molar-refractivity contribution in [3.8, 4) is 0 Å². The maximum atomic E-state index is 12.9. The lowest BCUT2D eigenvalue weighted by atomic mass is 10.1. The minimum atomic E-state index is -0.205. The first-order chi connectivity index (χ1) is 13.0. The third-order valence-electron chi connectivity index (χ3n) is 4.50. The fraction of sp³-hybridized carbons (Fsp3) is 0.350. The monoisotopic (exact) mass is 384 g/mol. The lowest BCUT2D eigenvalue weighted by Gasteiger charge is -2.23. The molecule has 142 valence electrons. The van der Waals surface area contributed by atoms with Gasteiger partial charge in [-0.25, -0.2) is 4.98 Å². The Bertz CT molecular complexity index is 987. The zero-order chi connectivity index (χ0) is 19.4. The van der Waals surface area contributed by atoms with Gasteiger partial charge < -0.3 is 10.2 Å². The molecule has 3 rings (SSSR count). The smallest absolute Gasteiger partial charge is 0.273 e. The average molecular weight is 385 g/mol. The highest BCUT2D eigenvalue weighted by molar-refractivity contribution is 7.17. The number of hydrogen-bond acceptors (Lipinski definition) is 5. The van der Waals surface area contributed by atoms with E-state index < -0.39 is 0 Å². The highest BCUT2D eigenvalue weighted by Gasteiger charge is 2.18. The van der Waals surface area contributed by atoms with E-state index in [4.69, 9.17) is 0 Å². The quantitative estimate of drug-likeness (QED) is 0.680. The van der Waals surface area contributed by atoms with Crippen molar-refractivity contribution in [2.24, 2.45) is 0 Å². The maximum Gasteiger partial charge on any atom is 0.273 e.